The van der Waals surface area contributed by atoms with E-state index in [-0.39, 0.29) is 0 Å². The van der Waals surface area contributed by atoms with Crippen molar-refractivity contribution in [1.82, 2.24) is 0 Å². The van der Waals surface area contributed by atoms with E-state index in [1.54, 1.807) is 0 Å². The highest BCUT2D eigenvalue weighted by Gasteiger charge is 2.16. The number of hydrogen-bond donors (Lipinski definition) is 1. The van der Waals surface area contributed by atoms with Crippen LogP contribution >= 0.6 is 15.9 Å². The third-order valence-corrected chi connectivity index (χ3v) is 4.47. The Morgan fingerprint density at radius 2 is 1.67 bits per heavy atom. The molecule has 3 rings (SSSR count). The normalized spacial score (nSPS) is 15.4. The summed E-state index contributed by atoms with van der Waals surface area (Å²) >= 11 is 3.47. The van der Waals surface area contributed by atoms with E-state index in [1.807, 2.05) is 43.3 Å². The predicted octanol–water partition coefficient (Wildman–Crippen LogP) is 4.00. The van der Waals surface area contributed by atoms with Gasteiger partial charge in [-0.1, -0.05) is 34.1 Å². The van der Waals surface area contributed by atoms with E-state index in [4.69, 9.17) is 9.47 Å². The second-order valence-electron chi connectivity index (χ2n) is 5.17. The highest BCUT2D eigenvalue weighted by Crippen LogP contribution is 2.34. The van der Waals surface area contributed by atoms with E-state index in [9.17, 15) is 5.11 Å². The first kappa shape index (κ1) is 14.4. The van der Waals surface area contributed by atoms with Gasteiger partial charge in [0.15, 0.2) is 11.5 Å². The molecule has 2 aromatic rings. The molecule has 0 spiro atoms. The Balaban J connectivity index is 1.92. The van der Waals surface area contributed by atoms with E-state index < -0.39 is 6.10 Å². The molecule has 0 saturated carbocycles. The number of hydrogen-bond acceptors (Lipinski definition) is 3. The number of ether oxygens (including phenoxy) is 2. The van der Waals surface area contributed by atoms with Crippen molar-refractivity contribution in [3.63, 3.8) is 0 Å². The number of fused-ring (bicyclic) bond motifs is 1. The molecule has 0 aromatic heterocycles. The van der Waals surface area contributed by atoms with Crippen LogP contribution in [0.4, 0.5) is 0 Å². The fraction of sp³-hybridized carbons (Fsp3) is 0.294. The van der Waals surface area contributed by atoms with Gasteiger partial charge in [-0.25, -0.2) is 0 Å². The molecule has 21 heavy (non-hydrogen) atoms. The molecule has 4 heteroatoms. The summed E-state index contributed by atoms with van der Waals surface area (Å²) in [5.74, 6) is 1.45. The molecule has 0 amide bonds. The molecule has 1 unspecified atom stereocenters. The fourth-order valence-electron chi connectivity index (χ4n) is 2.38. The average molecular weight is 349 g/mol. The summed E-state index contributed by atoms with van der Waals surface area (Å²) in [5.41, 5.74) is 2.77. The maximum Gasteiger partial charge on any atom is 0.161 e. The van der Waals surface area contributed by atoms with E-state index >= 15 is 0 Å². The minimum Gasteiger partial charge on any atom is -0.490 e. The van der Waals surface area contributed by atoms with Crippen LogP contribution in [0.1, 0.15) is 29.2 Å². The zero-order valence-electron chi connectivity index (χ0n) is 11.8. The van der Waals surface area contributed by atoms with Crippen LogP contribution in [-0.4, -0.2) is 18.3 Å². The maximum absolute atomic E-state index is 10.6. The minimum atomic E-state index is -0.672. The quantitative estimate of drug-likeness (QED) is 0.891. The molecular weight excluding hydrogens is 332 g/mol. The monoisotopic (exact) mass is 348 g/mol. The molecule has 0 bridgehead atoms. The zero-order chi connectivity index (χ0) is 14.8. The fourth-order valence-corrected chi connectivity index (χ4v) is 2.63. The SMILES string of the molecule is Cc1cc(C(O)c2ccc3c(c2)OCCCO3)ccc1Br. The molecule has 1 atom stereocenters. The lowest BCUT2D eigenvalue weighted by Crippen LogP contribution is -2.01. The van der Waals surface area contributed by atoms with Crippen LogP contribution < -0.4 is 9.47 Å². The van der Waals surface area contributed by atoms with Crippen molar-refractivity contribution in [2.45, 2.75) is 19.4 Å². The first-order valence-electron chi connectivity index (χ1n) is 6.99. The summed E-state index contributed by atoms with van der Waals surface area (Å²) in [7, 11) is 0. The second-order valence-corrected chi connectivity index (χ2v) is 6.02. The van der Waals surface area contributed by atoms with Crippen LogP contribution in [0.25, 0.3) is 0 Å². The number of rotatable bonds is 2. The molecule has 110 valence electrons. The molecule has 1 N–H and O–H groups in total. The van der Waals surface area contributed by atoms with Gasteiger partial charge in [-0.15, -0.1) is 0 Å². The molecule has 1 aliphatic heterocycles. The van der Waals surface area contributed by atoms with Gasteiger partial charge in [0, 0.05) is 10.9 Å². The first-order valence-corrected chi connectivity index (χ1v) is 7.78. The first-order chi connectivity index (χ1) is 10.1. The molecule has 0 aliphatic carbocycles. The Kier molecular flexibility index (Phi) is 4.17. The lowest BCUT2D eigenvalue weighted by atomic mass is 9.99. The third-order valence-electron chi connectivity index (χ3n) is 3.59. The van der Waals surface area contributed by atoms with Gasteiger partial charge in [0.1, 0.15) is 6.10 Å². The number of benzene rings is 2. The molecule has 0 radical (unpaired) electrons. The Morgan fingerprint density at radius 1 is 1.00 bits per heavy atom. The van der Waals surface area contributed by atoms with Gasteiger partial charge in [0.05, 0.1) is 13.2 Å². The standard InChI is InChI=1S/C17H17BrO3/c1-11-9-12(3-5-14(11)18)17(19)13-4-6-15-16(10-13)21-8-2-7-20-15/h3-6,9-10,17,19H,2,7-8H2,1H3. The van der Waals surface area contributed by atoms with Crippen molar-refractivity contribution in [3.8, 4) is 11.5 Å². The van der Waals surface area contributed by atoms with Gasteiger partial charge in [0.25, 0.3) is 0 Å². The zero-order valence-corrected chi connectivity index (χ0v) is 13.4. The van der Waals surface area contributed by atoms with Crippen molar-refractivity contribution in [2.75, 3.05) is 13.2 Å². The van der Waals surface area contributed by atoms with Crippen LogP contribution in [-0.2, 0) is 0 Å². The summed E-state index contributed by atoms with van der Waals surface area (Å²) in [5, 5.41) is 10.6. The summed E-state index contributed by atoms with van der Waals surface area (Å²) in [4.78, 5) is 0. The number of aliphatic hydroxyl groups excluding tert-OH is 1. The van der Waals surface area contributed by atoms with Gasteiger partial charge >= 0.3 is 0 Å². The number of aryl methyl sites for hydroxylation is 1. The van der Waals surface area contributed by atoms with Crippen LogP contribution in [0.2, 0.25) is 0 Å². The van der Waals surface area contributed by atoms with Gasteiger partial charge < -0.3 is 14.6 Å². The van der Waals surface area contributed by atoms with Gasteiger partial charge in [0.2, 0.25) is 0 Å². The van der Waals surface area contributed by atoms with Crippen molar-refractivity contribution in [1.29, 1.82) is 0 Å². The van der Waals surface area contributed by atoms with E-state index in [0.717, 1.165) is 33.3 Å². The average Bonchev–Trinajstić information content (AvgIpc) is 2.73. The predicted molar refractivity (Wildman–Crippen MR) is 85.0 cm³/mol. The summed E-state index contributed by atoms with van der Waals surface area (Å²) in [6.45, 7) is 3.32. The van der Waals surface area contributed by atoms with Crippen LogP contribution in [0.15, 0.2) is 40.9 Å². The van der Waals surface area contributed by atoms with Gasteiger partial charge in [-0.2, -0.15) is 0 Å². The van der Waals surface area contributed by atoms with Crippen molar-refractivity contribution >= 4 is 15.9 Å². The molecule has 1 aliphatic rings. The van der Waals surface area contributed by atoms with Crippen molar-refractivity contribution in [2.24, 2.45) is 0 Å². The third kappa shape index (κ3) is 3.06. The van der Waals surface area contributed by atoms with E-state index in [2.05, 4.69) is 15.9 Å². The summed E-state index contributed by atoms with van der Waals surface area (Å²) in [6.07, 6.45) is 0.201. The maximum atomic E-state index is 10.6. The van der Waals surface area contributed by atoms with Gasteiger partial charge in [-0.3, -0.25) is 0 Å². The van der Waals surface area contributed by atoms with E-state index in [0.29, 0.717) is 19.0 Å². The number of halogens is 1. The van der Waals surface area contributed by atoms with Crippen LogP contribution in [0.3, 0.4) is 0 Å². The molecule has 3 nitrogen and oxygen atoms in total. The molecule has 0 saturated heterocycles. The van der Waals surface area contributed by atoms with Crippen LogP contribution in [0, 0.1) is 6.92 Å². The molecule has 0 fully saturated rings. The van der Waals surface area contributed by atoms with Crippen molar-refractivity contribution < 1.29 is 14.6 Å². The summed E-state index contributed by atoms with van der Waals surface area (Å²) < 4.78 is 12.3. The highest BCUT2D eigenvalue weighted by molar-refractivity contribution is 9.10. The van der Waals surface area contributed by atoms with Gasteiger partial charge in [-0.05, 0) is 41.8 Å². The number of aliphatic hydroxyl groups is 1. The lowest BCUT2D eigenvalue weighted by molar-refractivity contribution is 0.219. The molecule has 2 aromatic carbocycles. The topological polar surface area (TPSA) is 38.7 Å². The molecule has 1 heterocycles. The summed E-state index contributed by atoms with van der Waals surface area (Å²) in [6, 6.07) is 11.5. The second kappa shape index (κ2) is 6.08. The molecular formula is C17H17BrO3. The Labute approximate surface area is 132 Å². The van der Waals surface area contributed by atoms with Crippen LogP contribution in [0.5, 0.6) is 11.5 Å². The Hall–Kier alpha value is -1.52. The van der Waals surface area contributed by atoms with Crippen molar-refractivity contribution in [3.05, 3.63) is 57.6 Å². The minimum absolute atomic E-state index is 0.643. The Morgan fingerprint density at radius 3 is 2.43 bits per heavy atom. The largest absolute Gasteiger partial charge is 0.490 e. The smallest absolute Gasteiger partial charge is 0.161 e. The highest BCUT2D eigenvalue weighted by atomic mass is 79.9. The lowest BCUT2D eigenvalue weighted by Gasteiger charge is -2.15. The Bertz CT molecular complexity index is 654. The van der Waals surface area contributed by atoms with E-state index in [1.165, 1.54) is 0 Å².